The average Bonchev–Trinajstić information content (AvgIpc) is 2.77. The molecule has 2 amide bonds. The molecule has 1 aliphatic rings. The Morgan fingerprint density at radius 3 is 2.09 bits per heavy atom. The van der Waals surface area contributed by atoms with Crippen molar-refractivity contribution in [1.29, 1.82) is 0 Å². The summed E-state index contributed by atoms with van der Waals surface area (Å²) >= 11 is 0. The van der Waals surface area contributed by atoms with Gasteiger partial charge in [0.15, 0.2) is 6.10 Å². The topological polar surface area (TPSA) is 111 Å². The van der Waals surface area contributed by atoms with Gasteiger partial charge in [-0.05, 0) is 23.3 Å². The van der Waals surface area contributed by atoms with E-state index in [1.165, 1.54) is 0 Å². The number of carbonyl (C=O) groups is 4. The lowest BCUT2D eigenvalue weighted by atomic mass is 9.82. The first-order valence-corrected chi connectivity index (χ1v) is 11.6. The van der Waals surface area contributed by atoms with Crippen LogP contribution in [0.4, 0.5) is 0 Å². The second-order valence-corrected chi connectivity index (χ2v) is 9.32. The van der Waals surface area contributed by atoms with Crippen LogP contribution >= 0.6 is 0 Å². The zero-order valence-electron chi connectivity index (χ0n) is 20.3. The summed E-state index contributed by atoms with van der Waals surface area (Å²) in [5, 5.41) is 5.44. The largest absolute Gasteiger partial charge is 0.459 e. The minimum Gasteiger partial charge on any atom is -0.459 e. The van der Waals surface area contributed by atoms with Gasteiger partial charge >= 0.3 is 11.9 Å². The lowest BCUT2D eigenvalue weighted by Gasteiger charge is -2.38. The Morgan fingerprint density at radius 1 is 0.970 bits per heavy atom. The van der Waals surface area contributed by atoms with Crippen LogP contribution in [0.5, 0.6) is 0 Å². The first kappa shape index (κ1) is 26.4. The molecule has 8 heteroatoms. The number of ether oxygens (including phenoxy) is 2. The molecular weight excluding hydrogens is 424 g/mol. The fourth-order valence-electron chi connectivity index (χ4n) is 3.66. The van der Waals surface area contributed by atoms with Crippen LogP contribution in [0.1, 0.15) is 53.5 Å². The van der Waals surface area contributed by atoms with Crippen molar-refractivity contribution >= 4 is 23.8 Å². The van der Waals surface area contributed by atoms with Gasteiger partial charge in [-0.1, -0.05) is 78.3 Å². The predicted molar refractivity (Wildman–Crippen MR) is 123 cm³/mol. The molecule has 0 spiro atoms. The van der Waals surface area contributed by atoms with Crippen molar-refractivity contribution in [2.45, 2.75) is 72.8 Å². The van der Waals surface area contributed by atoms with Crippen LogP contribution in [-0.4, -0.2) is 41.9 Å². The molecule has 0 aromatic heterocycles. The van der Waals surface area contributed by atoms with E-state index in [9.17, 15) is 19.2 Å². The average molecular weight is 461 g/mol. The van der Waals surface area contributed by atoms with Crippen molar-refractivity contribution < 1.29 is 28.7 Å². The number of carbonyl (C=O) groups excluding carboxylic acids is 4. The van der Waals surface area contributed by atoms with Gasteiger partial charge in [0, 0.05) is 0 Å². The van der Waals surface area contributed by atoms with E-state index in [-0.39, 0.29) is 24.4 Å². The summed E-state index contributed by atoms with van der Waals surface area (Å²) in [6.07, 6.45) is -0.169. The van der Waals surface area contributed by atoms with Crippen LogP contribution < -0.4 is 10.6 Å². The number of cyclic esters (lactones) is 1. The standard InChI is InChI=1S/C25H36N2O6/c1-7-16(6)18-21(33-24(18)30)23(29)26-19(14(2)3)22(28)27-20(15(4)5)25(31)32-13-17-11-9-8-10-12-17/h8-12,14-16,18-21H,7,13H2,1-6H3,(H,26,29)(H,27,28)/t16-,18-,19-,20-,21+/m0/s1. The van der Waals surface area contributed by atoms with Crippen molar-refractivity contribution in [2.24, 2.45) is 23.7 Å². The summed E-state index contributed by atoms with van der Waals surface area (Å²) in [6.45, 7) is 11.1. The van der Waals surface area contributed by atoms with E-state index in [0.29, 0.717) is 0 Å². The fraction of sp³-hybridized carbons (Fsp3) is 0.600. The molecule has 33 heavy (non-hydrogen) atoms. The van der Waals surface area contributed by atoms with E-state index in [1.807, 2.05) is 58.0 Å². The minimum atomic E-state index is -0.904. The highest BCUT2D eigenvalue weighted by Gasteiger charge is 2.50. The number of amides is 2. The van der Waals surface area contributed by atoms with Gasteiger partial charge in [-0.15, -0.1) is 0 Å². The fourth-order valence-corrected chi connectivity index (χ4v) is 3.66. The number of hydrogen-bond acceptors (Lipinski definition) is 6. The molecule has 1 aromatic carbocycles. The van der Waals surface area contributed by atoms with Crippen LogP contribution in [0.3, 0.4) is 0 Å². The van der Waals surface area contributed by atoms with Gasteiger partial charge < -0.3 is 20.1 Å². The van der Waals surface area contributed by atoms with Crippen molar-refractivity contribution in [2.75, 3.05) is 0 Å². The molecule has 1 heterocycles. The van der Waals surface area contributed by atoms with Gasteiger partial charge in [0.2, 0.25) is 5.91 Å². The molecule has 0 unspecified atom stereocenters. The summed E-state index contributed by atoms with van der Waals surface area (Å²) in [7, 11) is 0. The smallest absolute Gasteiger partial charge is 0.329 e. The maximum atomic E-state index is 13.0. The summed E-state index contributed by atoms with van der Waals surface area (Å²) in [6, 6.07) is 7.52. The van der Waals surface area contributed by atoms with Crippen molar-refractivity contribution in [3.05, 3.63) is 35.9 Å². The van der Waals surface area contributed by atoms with Crippen molar-refractivity contribution in [3.63, 3.8) is 0 Å². The molecule has 2 rings (SSSR count). The molecule has 5 atom stereocenters. The normalized spacial score (nSPS) is 20.3. The number of rotatable bonds is 11. The molecule has 8 nitrogen and oxygen atoms in total. The van der Waals surface area contributed by atoms with E-state index in [0.717, 1.165) is 12.0 Å². The Hall–Kier alpha value is -2.90. The van der Waals surface area contributed by atoms with Crippen LogP contribution in [0.15, 0.2) is 30.3 Å². The van der Waals surface area contributed by atoms with Gasteiger partial charge in [-0.25, -0.2) is 4.79 Å². The van der Waals surface area contributed by atoms with E-state index in [2.05, 4.69) is 10.6 Å². The van der Waals surface area contributed by atoms with E-state index in [1.54, 1.807) is 13.8 Å². The van der Waals surface area contributed by atoms with Gasteiger partial charge in [-0.2, -0.15) is 0 Å². The monoisotopic (exact) mass is 460 g/mol. The second kappa shape index (κ2) is 11.8. The Bertz CT molecular complexity index is 839. The Labute approximate surface area is 195 Å². The highest BCUT2D eigenvalue weighted by molar-refractivity contribution is 5.97. The Morgan fingerprint density at radius 2 is 1.58 bits per heavy atom. The highest BCUT2D eigenvalue weighted by Crippen LogP contribution is 2.31. The first-order valence-electron chi connectivity index (χ1n) is 11.6. The third-order valence-corrected chi connectivity index (χ3v) is 6.05. The molecular formula is C25H36N2O6. The summed E-state index contributed by atoms with van der Waals surface area (Å²) < 4.78 is 10.5. The molecule has 0 bridgehead atoms. The number of hydrogen-bond donors (Lipinski definition) is 2. The van der Waals surface area contributed by atoms with Crippen LogP contribution in [0.25, 0.3) is 0 Å². The lowest BCUT2D eigenvalue weighted by Crippen LogP contribution is -2.61. The van der Waals surface area contributed by atoms with E-state index >= 15 is 0 Å². The molecule has 2 N–H and O–H groups in total. The SMILES string of the molecule is CC[C@H](C)[C@@H]1C(=O)O[C@H]1C(=O)N[C@H](C(=O)N[C@H](C(=O)OCc1ccccc1)C(C)C)C(C)C. The molecule has 0 radical (unpaired) electrons. The maximum Gasteiger partial charge on any atom is 0.329 e. The Balaban J connectivity index is 2.02. The summed E-state index contributed by atoms with van der Waals surface area (Å²) in [5.41, 5.74) is 0.845. The summed E-state index contributed by atoms with van der Waals surface area (Å²) in [4.78, 5) is 50.3. The third-order valence-electron chi connectivity index (χ3n) is 6.05. The zero-order chi connectivity index (χ0) is 24.7. The van der Waals surface area contributed by atoms with Gasteiger partial charge in [0.1, 0.15) is 24.6 Å². The molecule has 1 aromatic rings. The maximum absolute atomic E-state index is 13.0. The summed E-state index contributed by atoms with van der Waals surface area (Å²) in [5.74, 6) is -2.90. The zero-order valence-corrected chi connectivity index (χ0v) is 20.3. The van der Waals surface area contributed by atoms with Crippen molar-refractivity contribution in [3.8, 4) is 0 Å². The Kier molecular flexibility index (Phi) is 9.44. The molecule has 0 aliphatic carbocycles. The molecule has 1 aliphatic heterocycles. The molecule has 1 fully saturated rings. The first-order chi connectivity index (χ1) is 15.6. The van der Waals surface area contributed by atoms with Crippen molar-refractivity contribution in [1.82, 2.24) is 10.6 Å². The second-order valence-electron chi connectivity index (χ2n) is 9.32. The van der Waals surface area contributed by atoms with E-state index < -0.39 is 47.9 Å². The van der Waals surface area contributed by atoms with E-state index in [4.69, 9.17) is 9.47 Å². The van der Waals surface area contributed by atoms with Gasteiger partial charge in [-0.3, -0.25) is 14.4 Å². The molecule has 0 saturated carbocycles. The molecule has 182 valence electrons. The predicted octanol–water partition coefficient (Wildman–Crippen LogP) is 2.60. The number of benzene rings is 1. The molecule has 1 saturated heterocycles. The van der Waals surface area contributed by atoms with Crippen LogP contribution in [0.2, 0.25) is 0 Å². The minimum absolute atomic E-state index is 0.00182. The van der Waals surface area contributed by atoms with Gasteiger partial charge in [0.05, 0.1) is 0 Å². The lowest BCUT2D eigenvalue weighted by molar-refractivity contribution is -0.193. The number of esters is 2. The van der Waals surface area contributed by atoms with Gasteiger partial charge in [0.25, 0.3) is 5.91 Å². The van der Waals surface area contributed by atoms with Crippen LogP contribution in [-0.2, 0) is 35.3 Å². The highest BCUT2D eigenvalue weighted by atomic mass is 16.6. The quantitative estimate of drug-likeness (QED) is 0.491. The van der Waals surface area contributed by atoms with Crippen LogP contribution in [0, 0.1) is 23.7 Å². The number of nitrogens with one attached hydrogen (secondary N) is 2. The third kappa shape index (κ3) is 6.79.